The largest absolute Gasteiger partial charge is 0.508 e. The molecule has 0 saturated heterocycles. The Hall–Kier alpha value is -3.28. The van der Waals surface area contributed by atoms with Gasteiger partial charge in [0.15, 0.2) is 0 Å². The summed E-state index contributed by atoms with van der Waals surface area (Å²) in [7, 11) is 0. The molecule has 0 aliphatic carbocycles. The number of aromatic nitrogens is 1. The Balaban J connectivity index is 2.59. The van der Waals surface area contributed by atoms with Crippen molar-refractivity contribution in [2.24, 2.45) is 5.73 Å². The van der Waals surface area contributed by atoms with Crippen molar-refractivity contribution in [3.8, 4) is 11.4 Å². The number of hydrogen-bond acceptors (Lipinski definition) is 4. The number of fused-ring (bicyclic) bond motifs is 1. The van der Waals surface area contributed by atoms with Crippen LogP contribution in [0.4, 0.5) is 5.82 Å². The molecule has 0 spiro atoms. The Morgan fingerprint density at radius 3 is 2.33 bits per heavy atom. The third-order valence-corrected chi connectivity index (χ3v) is 4.20. The van der Waals surface area contributed by atoms with Crippen LogP contribution in [0.5, 0.6) is 5.75 Å². The Morgan fingerprint density at radius 1 is 1.08 bits per heavy atom. The number of carbonyl (C=O) groups excluding carboxylic acids is 1. The van der Waals surface area contributed by atoms with E-state index in [4.69, 9.17) is 11.5 Å². The molecular weight excluding hydrogens is 306 g/mol. The first-order chi connectivity index (χ1) is 11.3. The number of nitrogens with zero attached hydrogens (tertiary/aromatic N) is 1. The predicted molar refractivity (Wildman–Crippen MR) is 93.6 cm³/mol. The average molecular weight is 323 g/mol. The molecule has 0 radical (unpaired) electrons. The van der Waals surface area contributed by atoms with Crippen LogP contribution in [-0.4, -0.2) is 15.6 Å². The Kier molecular flexibility index (Phi) is 3.52. The molecule has 1 heterocycles. The number of nitrogen functional groups attached to an aromatic ring is 1. The van der Waals surface area contributed by atoms with E-state index in [0.29, 0.717) is 22.0 Å². The SMILES string of the molecule is Cc1ccc(O)c(C)c1-n1c(N)c(C(N)=O)c2ccccc2c1=O. The summed E-state index contributed by atoms with van der Waals surface area (Å²) < 4.78 is 1.24. The molecule has 1 aromatic heterocycles. The van der Waals surface area contributed by atoms with E-state index in [0.717, 1.165) is 5.56 Å². The van der Waals surface area contributed by atoms with E-state index in [1.807, 2.05) is 0 Å². The van der Waals surface area contributed by atoms with Gasteiger partial charge in [-0.05, 0) is 31.5 Å². The molecule has 0 fully saturated rings. The molecule has 122 valence electrons. The summed E-state index contributed by atoms with van der Waals surface area (Å²) in [5.74, 6) is -0.716. The number of primary amides is 1. The molecule has 3 rings (SSSR count). The second-order valence-corrected chi connectivity index (χ2v) is 5.69. The van der Waals surface area contributed by atoms with Crippen LogP contribution in [0.1, 0.15) is 21.5 Å². The van der Waals surface area contributed by atoms with Crippen molar-refractivity contribution < 1.29 is 9.90 Å². The standard InChI is InChI=1S/C18H17N3O3/c1-9-7-8-13(22)10(2)15(9)21-16(19)14(17(20)23)11-5-3-4-6-12(11)18(21)24/h3-8,22H,19H2,1-2H3,(H2,20,23). The van der Waals surface area contributed by atoms with Gasteiger partial charge in [0.25, 0.3) is 11.5 Å². The molecule has 0 aliphatic heterocycles. The van der Waals surface area contributed by atoms with E-state index in [1.54, 1.807) is 50.2 Å². The lowest BCUT2D eigenvalue weighted by atomic mass is 10.0. The number of nitrogens with two attached hydrogens (primary N) is 2. The minimum absolute atomic E-state index is 0.0377. The average Bonchev–Trinajstić information content (AvgIpc) is 2.54. The Morgan fingerprint density at radius 2 is 1.71 bits per heavy atom. The summed E-state index contributed by atoms with van der Waals surface area (Å²) in [6.07, 6.45) is 0. The van der Waals surface area contributed by atoms with E-state index in [9.17, 15) is 14.7 Å². The van der Waals surface area contributed by atoms with Crippen molar-refractivity contribution in [2.45, 2.75) is 13.8 Å². The second-order valence-electron chi connectivity index (χ2n) is 5.69. The highest BCUT2D eigenvalue weighted by atomic mass is 16.3. The first-order valence-corrected chi connectivity index (χ1v) is 7.37. The van der Waals surface area contributed by atoms with Crippen molar-refractivity contribution in [1.82, 2.24) is 4.57 Å². The van der Waals surface area contributed by atoms with Gasteiger partial charge in [0, 0.05) is 16.3 Å². The molecule has 24 heavy (non-hydrogen) atoms. The number of anilines is 1. The molecule has 6 heteroatoms. The number of carbonyl (C=O) groups is 1. The maximum atomic E-state index is 13.0. The van der Waals surface area contributed by atoms with Crippen molar-refractivity contribution >= 4 is 22.5 Å². The zero-order chi connectivity index (χ0) is 17.6. The van der Waals surface area contributed by atoms with Gasteiger partial charge in [-0.2, -0.15) is 0 Å². The third-order valence-electron chi connectivity index (χ3n) is 4.20. The Bertz CT molecular complexity index is 1050. The number of phenols is 1. The van der Waals surface area contributed by atoms with Crippen LogP contribution in [0.15, 0.2) is 41.2 Å². The summed E-state index contributed by atoms with van der Waals surface area (Å²) >= 11 is 0. The van der Waals surface area contributed by atoms with E-state index in [2.05, 4.69) is 0 Å². The number of aromatic hydroxyl groups is 1. The minimum atomic E-state index is -0.715. The van der Waals surface area contributed by atoms with Crippen LogP contribution in [0.2, 0.25) is 0 Å². The van der Waals surface area contributed by atoms with Crippen LogP contribution < -0.4 is 17.0 Å². The molecule has 1 amide bonds. The van der Waals surface area contributed by atoms with Crippen LogP contribution in [0, 0.1) is 13.8 Å². The fourth-order valence-corrected chi connectivity index (χ4v) is 3.02. The number of rotatable bonds is 2. The molecule has 0 unspecified atom stereocenters. The van der Waals surface area contributed by atoms with Crippen LogP contribution >= 0.6 is 0 Å². The van der Waals surface area contributed by atoms with Crippen LogP contribution in [-0.2, 0) is 0 Å². The molecule has 0 saturated carbocycles. The first-order valence-electron chi connectivity index (χ1n) is 7.37. The van der Waals surface area contributed by atoms with Crippen molar-refractivity contribution in [3.05, 3.63) is 63.4 Å². The molecule has 2 aromatic carbocycles. The Labute approximate surface area is 137 Å². The highest BCUT2D eigenvalue weighted by Gasteiger charge is 2.21. The van der Waals surface area contributed by atoms with Gasteiger partial charge in [-0.25, -0.2) is 0 Å². The zero-order valence-corrected chi connectivity index (χ0v) is 13.3. The molecular formula is C18H17N3O3. The molecule has 0 bridgehead atoms. The van der Waals surface area contributed by atoms with Gasteiger partial charge in [-0.15, -0.1) is 0 Å². The van der Waals surface area contributed by atoms with Gasteiger partial charge in [-0.1, -0.05) is 24.3 Å². The number of phenolic OH excluding ortho intramolecular Hbond substituents is 1. The predicted octanol–water partition coefficient (Wildman–Crippen LogP) is 1.99. The van der Waals surface area contributed by atoms with Crippen molar-refractivity contribution in [1.29, 1.82) is 0 Å². The lowest BCUT2D eigenvalue weighted by Gasteiger charge is -2.19. The van der Waals surface area contributed by atoms with E-state index in [-0.39, 0.29) is 22.7 Å². The first kappa shape index (κ1) is 15.6. The lowest BCUT2D eigenvalue weighted by molar-refractivity contribution is 0.100. The summed E-state index contributed by atoms with van der Waals surface area (Å²) in [5, 5.41) is 10.8. The fraction of sp³-hybridized carbons (Fsp3) is 0.111. The maximum Gasteiger partial charge on any atom is 0.264 e. The van der Waals surface area contributed by atoms with E-state index < -0.39 is 5.91 Å². The zero-order valence-electron chi connectivity index (χ0n) is 13.3. The van der Waals surface area contributed by atoms with Crippen molar-refractivity contribution in [2.75, 3.05) is 5.73 Å². The van der Waals surface area contributed by atoms with Gasteiger partial charge in [0.2, 0.25) is 0 Å². The summed E-state index contributed by atoms with van der Waals surface area (Å²) in [5.41, 5.74) is 13.1. The summed E-state index contributed by atoms with van der Waals surface area (Å²) in [4.78, 5) is 24.9. The fourth-order valence-electron chi connectivity index (χ4n) is 3.02. The van der Waals surface area contributed by atoms with E-state index in [1.165, 1.54) is 4.57 Å². The highest BCUT2D eigenvalue weighted by molar-refractivity contribution is 6.10. The normalized spacial score (nSPS) is 10.9. The number of hydrogen-bond donors (Lipinski definition) is 3. The molecule has 3 aromatic rings. The maximum absolute atomic E-state index is 13.0. The topological polar surface area (TPSA) is 111 Å². The van der Waals surface area contributed by atoms with Gasteiger partial charge in [-0.3, -0.25) is 14.2 Å². The lowest BCUT2D eigenvalue weighted by Crippen LogP contribution is -2.27. The van der Waals surface area contributed by atoms with E-state index >= 15 is 0 Å². The number of benzene rings is 2. The van der Waals surface area contributed by atoms with Crippen LogP contribution in [0.25, 0.3) is 16.5 Å². The van der Waals surface area contributed by atoms with Crippen molar-refractivity contribution in [3.63, 3.8) is 0 Å². The number of amides is 1. The summed E-state index contributed by atoms with van der Waals surface area (Å²) in [6.45, 7) is 3.48. The quantitative estimate of drug-likeness (QED) is 0.669. The van der Waals surface area contributed by atoms with Gasteiger partial charge in [0.1, 0.15) is 11.6 Å². The molecule has 6 nitrogen and oxygen atoms in total. The monoisotopic (exact) mass is 323 g/mol. The smallest absolute Gasteiger partial charge is 0.264 e. The number of pyridine rings is 1. The van der Waals surface area contributed by atoms with Gasteiger partial charge < -0.3 is 16.6 Å². The molecule has 0 atom stereocenters. The molecule has 0 aliphatic rings. The second kappa shape index (κ2) is 5.42. The van der Waals surface area contributed by atoms with Gasteiger partial charge in [0.05, 0.1) is 11.3 Å². The third kappa shape index (κ3) is 2.11. The highest BCUT2D eigenvalue weighted by Crippen LogP contribution is 2.30. The number of aryl methyl sites for hydroxylation is 1. The summed E-state index contributed by atoms with van der Waals surface area (Å²) in [6, 6.07) is 9.90. The molecule has 5 N–H and O–H groups in total. The van der Waals surface area contributed by atoms with Gasteiger partial charge >= 0.3 is 0 Å². The minimum Gasteiger partial charge on any atom is -0.508 e. The van der Waals surface area contributed by atoms with Crippen LogP contribution in [0.3, 0.4) is 0 Å².